The molecule has 32 heavy (non-hydrogen) atoms. The lowest BCUT2D eigenvalue weighted by molar-refractivity contribution is 0.398. The summed E-state index contributed by atoms with van der Waals surface area (Å²) in [6, 6.07) is 12.6. The Kier molecular flexibility index (Phi) is 5.03. The van der Waals surface area contributed by atoms with Gasteiger partial charge in [-0.1, -0.05) is 12.1 Å². The molecule has 2 aromatic heterocycles. The molecule has 0 atom stereocenters. The second kappa shape index (κ2) is 7.88. The number of benzene rings is 2. The van der Waals surface area contributed by atoms with Crippen molar-refractivity contribution < 1.29 is 13.2 Å². The second-order valence-corrected chi connectivity index (χ2v) is 9.47. The third-order valence-electron chi connectivity index (χ3n) is 5.56. The Morgan fingerprint density at radius 3 is 2.62 bits per heavy atom. The van der Waals surface area contributed by atoms with Gasteiger partial charge in [0.05, 0.1) is 30.0 Å². The van der Waals surface area contributed by atoms with Crippen molar-refractivity contribution in [3.63, 3.8) is 0 Å². The summed E-state index contributed by atoms with van der Waals surface area (Å²) in [6.07, 6.45) is 3.23. The van der Waals surface area contributed by atoms with Crippen molar-refractivity contribution in [1.82, 2.24) is 24.2 Å². The third-order valence-corrected chi connectivity index (χ3v) is 7.48. The fraction of sp³-hybridized carbons (Fsp3) is 0.227. The van der Waals surface area contributed by atoms with Crippen LogP contribution < -0.4 is 10.5 Å². The first kappa shape index (κ1) is 20.4. The minimum absolute atomic E-state index is 0.114. The van der Waals surface area contributed by atoms with Crippen LogP contribution in [0.15, 0.2) is 53.6 Å². The molecule has 2 aromatic carbocycles. The molecule has 5 rings (SSSR count). The zero-order valence-corrected chi connectivity index (χ0v) is 18.3. The number of nitrogen functional groups attached to an aromatic ring is 1. The van der Waals surface area contributed by atoms with Crippen molar-refractivity contribution in [2.75, 3.05) is 25.9 Å². The van der Waals surface area contributed by atoms with Gasteiger partial charge in [-0.05, 0) is 43.2 Å². The number of aromatic nitrogens is 4. The number of hydrogen-bond donors (Lipinski definition) is 2. The Labute approximate surface area is 185 Å². The standard InChI is InChI=1S/C22H22N6O3S/c1-31-18-9-8-14(12-19(18)32(29,30)28-10-4-5-11-28)17-13-24-21(23)20(25-17)22-26-15-6-2-3-7-16(15)27-22/h2-3,6-9,12-13H,4-5,10-11H2,1H3,(H2,23,24)(H,26,27). The number of para-hydroxylation sites is 2. The Morgan fingerprint density at radius 2 is 1.88 bits per heavy atom. The van der Waals surface area contributed by atoms with Gasteiger partial charge in [-0.25, -0.2) is 23.4 Å². The average molecular weight is 451 g/mol. The summed E-state index contributed by atoms with van der Waals surface area (Å²) in [6.45, 7) is 1.02. The van der Waals surface area contributed by atoms with Gasteiger partial charge in [-0.2, -0.15) is 4.31 Å². The Morgan fingerprint density at radius 1 is 1.09 bits per heavy atom. The van der Waals surface area contributed by atoms with Crippen molar-refractivity contribution in [3.05, 3.63) is 48.7 Å². The number of anilines is 1. The highest BCUT2D eigenvalue weighted by atomic mass is 32.2. The summed E-state index contributed by atoms with van der Waals surface area (Å²) in [7, 11) is -2.22. The van der Waals surface area contributed by atoms with Crippen molar-refractivity contribution in [1.29, 1.82) is 0 Å². The lowest BCUT2D eigenvalue weighted by Crippen LogP contribution is -2.28. The number of aromatic amines is 1. The van der Waals surface area contributed by atoms with Crippen LogP contribution in [-0.4, -0.2) is 52.9 Å². The molecule has 1 saturated heterocycles. The van der Waals surface area contributed by atoms with E-state index in [1.165, 1.54) is 17.6 Å². The molecular weight excluding hydrogens is 428 g/mol. The molecule has 1 fully saturated rings. The summed E-state index contributed by atoms with van der Waals surface area (Å²) in [5, 5.41) is 0. The highest BCUT2D eigenvalue weighted by molar-refractivity contribution is 7.89. The van der Waals surface area contributed by atoms with E-state index < -0.39 is 10.0 Å². The van der Waals surface area contributed by atoms with Gasteiger partial charge in [0.2, 0.25) is 10.0 Å². The minimum Gasteiger partial charge on any atom is -0.495 e. The number of ether oxygens (including phenoxy) is 1. The maximum atomic E-state index is 13.2. The van der Waals surface area contributed by atoms with Gasteiger partial charge in [0.25, 0.3) is 0 Å². The summed E-state index contributed by atoms with van der Waals surface area (Å²) >= 11 is 0. The summed E-state index contributed by atoms with van der Waals surface area (Å²) < 4.78 is 33.3. The van der Waals surface area contributed by atoms with Crippen LogP contribution in [0.1, 0.15) is 12.8 Å². The van der Waals surface area contributed by atoms with Crippen molar-refractivity contribution >= 4 is 26.9 Å². The lowest BCUT2D eigenvalue weighted by Gasteiger charge is -2.18. The zero-order valence-electron chi connectivity index (χ0n) is 17.4. The maximum absolute atomic E-state index is 13.2. The molecular formula is C22H22N6O3S. The quantitative estimate of drug-likeness (QED) is 0.478. The first-order valence-electron chi connectivity index (χ1n) is 10.2. The molecule has 0 aliphatic carbocycles. The van der Waals surface area contributed by atoms with E-state index in [0.717, 1.165) is 23.9 Å². The molecule has 0 spiro atoms. The number of methoxy groups -OCH3 is 1. The van der Waals surface area contributed by atoms with Crippen molar-refractivity contribution in [3.8, 4) is 28.5 Å². The number of rotatable bonds is 5. The third kappa shape index (κ3) is 3.47. The van der Waals surface area contributed by atoms with E-state index in [0.29, 0.717) is 41.6 Å². The Hall–Kier alpha value is -3.50. The van der Waals surface area contributed by atoms with E-state index in [9.17, 15) is 8.42 Å². The lowest BCUT2D eigenvalue weighted by atomic mass is 10.1. The maximum Gasteiger partial charge on any atom is 0.246 e. The molecule has 0 bridgehead atoms. The number of nitrogens with two attached hydrogens (primary N) is 1. The highest BCUT2D eigenvalue weighted by Crippen LogP contribution is 2.33. The predicted octanol–water partition coefficient (Wildman–Crippen LogP) is 3.06. The van der Waals surface area contributed by atoms with Gasteiger partial charge in [-0.15, -0.1) is 0 Å². The van der Waals surface area contributed by atoms with Gasteiger partial charge in [-0.3, -0.25) is 0 Å². The molecule has 0 radical (unpaired) electrons. The zero-order chi connectivity index (χ0) is 22.3. The molecule has 3 heterocycles. The first-order chi connectivity index (χ1) is 15.5. The Balaban J connectivity index is 1.60. The number of fused-ring (bicyclic) bond motifs is 1. The molecule has 1 aliphatic heterocycles. The summed E-state index contributed by atoms with van der Waals surface area (Å²) in [4.78, 5) is 16.8. The van der Waals surface area contributed by atoms with Gasteiger partial charge in [0, 0.05) is 18.7 Å². The van der Waals surface area contributed by atoms with Crippen LogP contribution in [0.3, 0.4) is 0 Å². The fourth-order valence-corrected chi connectivity index (χ4v) is 5.58. The van der Waals surface area contributed by atoms with Crippen LogP contribution in [0.25, 0.3) is 33.8 Å². The van der Waals surface area contributed by atoms with Crippen LogP contribution in [0.2, 0.25) is 0 Å². The van der Waals surface area contributed by atoms with Gasteiger partial charge in [0.15, 0.2) is 11.6 Å². The molecule has 4 aromatic rings. The molecule has 164 valence electrons. The highest BCUT2D eigenvalue weighted by Gasteiger charge is 2.30. The largest absolute Gasteiger partial charge is 0.495 e. The van der Waals surface area contributed by atoms with Crippen LogP contribution in [0.4, 0.5) is 5.82 Å². The predicted molar refractivity (Wildman–Crippen MR) is 122 cm³/mol. The van der Waals surface area contributed by atoms with Gasteiger partial charge in [0.1, 0.15) is 16.3 Å². The topological polar surface area (TPSA) is 127 Å². The molecule has 9 nitrogen and oxygen atoms in total. The van der Waals surface area contributed by atoms with Crippen LogP contribution in [0, 0.1) is 0 Å². The molecule has 0 amide bonds. The SMILES string of the molecule is COc1ccc(-c2cnc(N)c(-c3nc4ccccc4[nH]3)n2)cc1S(=O)(=O)N1CCCC1. The molecule has 3 N–H and O–H groups in total. The average Bonchev–Trinajstić information content (AvgIpc) is 3.49. The summed E-state index contributed by atoms with van der Waals surface area (Å²) in [5.74, 6) is 1.02. The minimum atomic E-state index is -3.68. The number of hydrogen-bond acceptors (Lipinski definition) is 7. The molecule has 1 aliphatic rings. The van der Waals surface area contributed by atoms with Crippen LogP contribution in [0.5, 0.6) is 5.75 Å². The van der Waals surface area contributed by atoms with Gasteiger partial charge >= 0.3 is 0 Å². The number of sulfonamides is 1. The van der Waals surface area contributed by atoms with E-state index in [2.05, 4.69) is 19.9 Å². The van der Waals surface area contributed by atoms with Crippen LogP contribution >= 0.6 is 0 Å². The number of nitrogens with zero attached hydrogens (tertiary/aromatic N) is 4. The van der Waals surface area contributed by atoms with Gasteiger partial charge < -0.3 is 15.5 Å². The summed E-state index contributed by atoms with van der Waals surface area (Å²) in [5.41, 5.74) is 9.22. The number of imidazole rings is 1. The van der Waals surface area contributed by atoms with E-state index in [1.807, 2.05) is 24.3 Å². The van der Waals surface area contributed by atoms with E-state index in [1.54, 1.807) is 18.2 Å². The van der Waals surface area contributed by atoms with E-state index >= 15 is 0 Å². The second-order valence-electron chi connectivity index (χ2n) is 7.57. The van der Waals surface area contributed by atoms with Crippen molar-refractivity contribution in [2.45, 2.75) is 17.7 Å². The Bertz CT molecular complexity index is 1380. The molecule has 0 unspecified atom stereocenters. The normalized spacial score (nSPS) is 14.8. The van der Waals surface area contributed by atoms with E-state index in [4.69, 9.17) is 10.5 Å². The monoisotopic (exact) mass is 450 g/mol. The fourth-order valence-electron chi connectivity index (χ4n) is 3.88. The molecule has 0 saturated carbocycles. The van der Waals surface area contributed by atoms with E-state index in [-0.39, 0.29) is 10.7 Å². The molecule has 10 heteroatoms. The number of H-pyrrole nitrogens is 1. The van der Waals surface area contributed by atoms with Crippen molar-refractivity contribution in [2.24, 2.45) is 0 Å². The van der Waals surface area contributed by atoms with Crippen LogP contribution in [-0.2, 0) is 10.0 Å². The smallest absolute Gasteiger partial charge is 0.246 e. The number of nitrogens with one attached hydrogen (secondary N) is 1. The first-order valence-corrected chi connectivity index (χ1v) is 11.7.